The number of rotatable bonds is 5. The van der Waals surface area contributed by atoms with Crippen LogP contribution in [0.15, 0.2) is 40.9 Å². The molecule has 0 bridgehead atoms. The summed E-state index contributed by atoms with van der Waals surface area (Å²) < 4.78 is 6.19. The highest BCUT2D eigenvalue weighted by atomic mass is 79.9. The predicted octanol–water partition coefficient (Wildman–Crippen LogP) is 3.90. The smallest absolute Gasteiger partial charge is 0.262 e. The number of hydrogen-bond acceptors (Lipinski definition) is 3. The fourth-order valence-corrected chi connectivity index (χ4v) is 2.28. The lowest BCUT2D eigenvalue weighted by Gasteiger charge is -2.10. The van der Waals surface area contributed by atoms with Gasteiger partial charge in [0.1, 0.15) is 5.75 Å². The standard InChI is InChI=1S/C17H16BrNO3/c1-11-3-5-15(7-12(11)2)19-17(21)10-22-16-6-4-14(18)8-13(16)9-20/h3-9H,10H2,1-2H3,(H,19,21). The lowest BCUT2D eigenvalue weighted by atomic mass is 10.1. The van der Waals surface area contributed by atoms with Crippen LogP contribution in [0.2, 0.25) is 0 Å². The zero-order chi connectivity index (χ0) is 16.1. The minimum atomic E-state index is -0.275. The van der Waals surface area contributed by atoms with E-state index in [1.165, 1.54) is 5.56 Å². The Balaban J connectivity index is 1.98. The molecule has 0 radical (unpaired) electrons. The summed E-state index contributed by atoms with van der Waals surface area (Å²) in [4.78, 5) is 22.9. The molecule has 22 heavy (non-hydrogen) atoms. The van der Waals surface area contributed by atoms with Crippen LogP contribution in [0.25, 0.3) is 0 Å². The lowest BCUT2D eigenvalue weighted by Crippen LogP contribution is -2.20. The number of amides is 1. The molecule has 2 aromatic carbocycles. The molecule has 4 nitrogen and oxygen atoms in total. The third-order valence-electron chi connectivity index (χ3n) is 3.25. The molecule has 0 atom stereocenters. The van der Waals surface area contributed by atoms with Gasteiger partial charge in [0.2, 0.25) is 0 Å². The number of halogens is 1. The van der Waals surface area contributed by atoms with Gasteiger partial charge in [0.25, 0.3) is 5.91 Å². The van der Waals surface area contributed by atoms with Crippen LogP contribution in [-0.2, 0) is 4.79 Å². The second kappa shape index (κ2) is 7.22. The molecule has 2 rings (SSSR count). The quantitative estimate of drug-likeness (QED) is 0.821. The Bertz CT molecular complexity index is 713. The molecule has 1 amide bonds. The van der Waals surface area contributed by atoms with Gasteiger partial charge in [-0.25, -0.2) is 0 Å². The molecule has 0 spiro atoms. The van der Waals surface area contributed by atoms with E-state index in [9.17, 15) is 9.59 Å². The average molecular weight is 362 g/mol. The monoisotopic (exact) mass is 361 g/mol. The van der Waals surface area contributed by atoms with E-state index in [1.807, 2.05) is 32.0 Å². The van der Waals surface area contributed by atoms with Gasteiger partial charge in [-0.15, -0.1) is 0 Å². The first-order chi connectivity index (χ1) is 10.5. The van der Waals surface area contributed by atoms with E-state index in [0.29, 0.717) is 17.6 Å². The molecule has 0 saturated carbocycles. The molecule has 0 heterocycles. The summed E-state index contributed by atoms with van der Waals surface area (Å²) in [5.74, 6) is 0.108. The van der Waals surface area contributed by atoms with Crippen molar-refractivity contribution in [2.75, 3.05) is 11.9 Å². The third kappa shape index (κ3) is 4.18. The van der Waals surface area contributed by atoms with E-state index in [1.54, 1.807) is 18.2 Å². The minimum absolute atomic E-state index is 0.157. The Morgan fingerprint density at radius 1 is 1.18 bits per heavy atom. The van der Waals surface area contributed by atoms with Gasteiger partial charge in [-0.2, -0.15) is 0 Å². The summed E-state index contributed by atoms with van der Waals surface area (Å²) >= 11 is 3.28. The molecule has 0 aromatic heterocycles. The fourth-order valence-electron chi connectivity index (χ4n) is 1.90. The first-order valence-corrected chi connectivity index (χ1v) is 7.53. The molecule has 5 heteroatoms. The van der Waals surface area contributed by atoms with Crippen molar-refractivity contribution < 1.29 is 14.3 Å². The highest BCUT2D eigenvalue weighted by Gasteiger charge is 2.08. The van der Waals surface area contributed by atoms with Crippen molar-refractivity contribution in [1.29, 1.82) is 0 Å². The van der Waals surface area contributed by atoms with E-state index in [-0.39, 0.29) is 12.5 Å². The first-order valence-electron chi connectivity index (χ1n) is 6.74. The minimum Gasteiger partial charge on any atom is -0.483 e. The number of carbonyl (C=O) groups is 2. The summed E-state index contributed by atoms with van der Waals surface area (Å²) in [5.41, 5.74) is 3.39. The Hall–Kier alpha value is -2.14. The molecule has 0 aliphatic rings. The van der Waals surface area contributed by atoms with Crippen molar-refractivity contribution >= 4 is 33.8 Å². The number of aryl methyl sites for hydroxylation is 2. The lowest BCUT2D eigenvalue weighted by molar-refractivity contribution is -0.118. The van der Waals surface area contributed by atoms with Crippen LogP contribution in [0.3, 0.4) is 0 Å². The van der Waals surface area contributed by atoms with Crippen molar-refractivity contribution in [3.63, 3.8) is 0 Å². The van der Waals surface area contributed by atoms with E-state index < -0.39 is 0 Å². The first kappa shape index (κ1) is 16.2. The molecule has 0 saturated heterocycles. The molecule has 0 fully saturated rings. The van der Waals surface area contributed by atoms with Crippen LogP contribution in [0.1, 0.15) is 21.5 Å². The van der Waals surface area contributed by atoms with Crippen molar-refractivity contribution in [3.8, 4) is 5.75 Å². The largest absolute Gasteiger partial charge is 0.483 e. The van der Waals surface area contributed by atoms with E-state index in [2.05, 4.69) is 21.2 Å². The van der Waals surface area contributed by atoms with Crippen LogP contribution in [-0.4, -0.2) is 18.8 Å². The second-order valence-corrected chi connectivity index (χ2v) is 5.85. The summed E-state index contributed by atoms with van der Waals surface area (Å²) in [7, 11) is 0. The number of benzene rings is 2. The van der Waals surface area contributed by atoms with Crippen LogP contribution in [0, 0.1) is 13.8 Å². The summed E-state index contributed by atoms with van der Waals surface area (Å²) in [6, 6.07) is 10.7. The Morgan fingerprint density at radius 2 is 1.95 bits per heavy atom. The maximum atomic E-state index is 11.9. The van der Waals surface area contributed by atoms with E-state index >= 15 is 0 Å². The molecule has 114 valence electrons. The van der Waals surface area contributed by atoms with Gasteiger partial charge < -0.3 is 10.1 Å². The van der Waals surface area contributed by atoms with E-state index in [4.69, 9.17) is 4.74 Å². The van der Waals surface area contributed by atoms with Gasteiger partial charge in [0.15, 0.2) is 12.9 Å². The van der Waals surface area contributed by atoms with Crippen LogP contribution < -0.4 is 10.1 Å². The molecular weight excluding hydrogens is 346 g/mol. The van der Waals surface area contributed by atoms with Crippen molar-refractivity contribution in [2.45, 2.75) is 13.8 Å². The van der Waals surface area contributed by atoms with Gasteiger partial charge in [-0.1, -0.05) is 22.0 Å². The van der Waals surface area contributed by atoms with Crippen molar-refractivity contribution in [1.82, 2.24) is 0 Å². The van der Waals surface area contributed by atoms with Crippen molar-refractivity contribution in [2.24, 2.45) is 0 Å². The van der Waals surface area contributed by atoms with E-state index in [0.717, 1.165) is 15.7 Å². The zero-order valence-corrected chi connectivity index (χ0v) is 13.9. The van der Waals surface area contributed by atoms with Crippen molar-refractivity contribution in [3.05, 3.63) is 57.6 Å². The SMILES string of the molecule is Cc1ccc(NC(=O)COc2ccc(Br)cc2C=O)cc1C. The van der Waals surface area contributed by atoms with Gasteiger partial charge in [-0.3, -0.25) is 9.59 Å². The molecular formula is C17H16BrNO3. The number of hydrogen-bond donors (Lipinski definition) is 1. The number of anilines is 1. The maximum absolute atomic E-state index is 11.9. The number of aldehydes is 1. The Labute approximate surface area is 137 Å². The van der Waals surface area contributed by atoms with Gasteiger partial charge in [0.05, 0.1) is 5.56 Å². The van der Waals surface area contributed by atoms with Gasteiger partial charge >= 0.3 is 0 Å². The van der Waals surface area contributed by atoms with Crippen LogP contribution >= 0.6 is 15.9 Å². The zero-order valence-electron chi connectivity index (χ0n) is 12.4. The Morgan fingerprint density at radius 3 is 2.64 bits per heavy atom. The van der Waals surface area contributed by atoms with Gasteiger partial charge in [-0.05, 0) is 55.3 Å². The third-order valence-corrected chi connectivity index (χ3v) is 3.74. The highest BCUT2D eigenvalue weighted by molar-refractivity contribution is 9.10. The second-order valence-electron chi connectivity index (χ2n) is 4.94. The summed E-state index contributed by atoms with van der Waals surface area (Å²) in [5, 5.41) is 2.77. The topological polar surface area (TPSA) is 55.4 Å². The van der Waals surface area contributed by atoms with Gasteiger partial charge in [0, 0.05) is 10.2 Å². The van der Waals surface area contributed by atoms with Crippen LogP contribution in [0.5, 0.6) is 5.75 Å². The normalized spacial score (nSPS) is 10.1. The summed E-state index contributed by atoms with van der Waals surface area (Å²) in [6.45, 7) is 3.84. The predicted molar refractivity (Wildman–Crippen MR) is 89.6 cm³/mol. The molecule has 0 unspecified atom stereocenters. The highest BCUT2D eigenvalue weighted by Crippen LogP contribution is 2.21. The molecule has 1 N–H and O–H groups in total. The maximum Gasteiger partial charge on any atom is 0.262 e. The number of ether oxygens (including phenoxy) is 1. The number of nitrogens with one attached hydrogen (secondary N) is 1. The molecule has 0 aliphatic carbocycles. The molecule has 2 aromatic rings. The molecule has 0 aliphatic heterocycles. The Kier molecular flexibility index (Phi) is 5.33. The fraction of sp³-hybridized carbons (Fsp3) is 0.176. The summed E-state index contributed by atoms with van der Waals surface area (Å²) in [6.07, 6.45) is 0.696. The number of carbonyl (C=O) groups excluding carboxylic acids is 2. The average Bonchev–Trinajstić information content (AvgIpc) is 2.49. The van der Waals surface area contributed by atoms with Crippen LogP contribution in [0.4, 0.5) is 5.69 Å².